The zero-order valence-electron chi connectivity index (χ0n) is 15.5. The van der Waals surface area contributed by atoms with E-state index in [9.17, 15) is 0 Å². The number of aromatic nitrogens is 5. The van der Waals surface area contributed by atoms with Crippen LogP contribution < -0.4 is 5.32 Å². The maximum absolute atomic E-state index is 5.49. The van der Waals surface area contributed by atoms with E-state index in [4.69, 9.17) is 9.15 Å². The van der Waals surface area contributed by atoms with E-state index in [-0.39, 0.29) is 12.1 Å². The number of hydrogen-bond donors (Lipinski definition) is 1. The van der Waals surface area contributed by atoms with Crippen LogP contribution in [-0.2, 0) is 11.3 Å². The Balaban J connectivity index is 1.60. The van der Waals surface area contributed by atoms with E-state index in [1.165, 1.54) is 12.8 Å². The Hall–Kier alpha value is -2.10. The van der Waals surface area contributed by atoms with Crippen molar-refractivity contribution in [3.8, 4) is 10.8 Å². The lowest BCUT2D eigenvalue weighted by Crippen LogP contribution is -2.33. The van der Waals surface area contributed by atoms with E-state index < -0.39 is 0 Å². The second-order valence-electron chi connectivity index (χ2n) is 6.99. The molecular formula is C18H24N6O2S. The molecule has 9 heteroatoms. The summed E-state index contributed by atoms with van der Waals surface area (Å²) in [6.45, 7) is 3.72. The molecule has 144 valence electrons. The van der Waals surface area contributed by atoms with Crippen molar-refractivity contribution in [2.45, 2.75) is 44.8 Å². The first kappa shape index (κ1) is 18.3. The molecule has 0 spiro atoms. The highest BCUT2D eigenvalue weighted by Crippen LogP contribution is 2.34. The number of tetrazole rings is 1. The molecule has 0 amide bonds. The zero-order chi connectivity index (χ0) is 18.6. The van der Waals surface area contributed by atoms with Gasteiger partial charge in [0.15, 0.2) is 16.6 Å². The Kier molecular flexibility index (Phi) is 5.61. The van der Waals surface area contributed by atoms with Gasteiger partial charge >= 0.3 is 0 Å². The first-order valence-electron chi connectivity index (χ1n) is 9.25. The van der Waals surface area contributed by atoms with Gasteiger partial charge in [-0.3, -0.25) is 0 Å². The van der Waals surface area contributed by atoms with Crippen LogP contribution in [0.25, 0.3) is 10.8 Å². The number of nitrogens with zero attached hydrogens (tertiary/aromatic N) is 5. The molecule has 3 aromatic heterocycles. The maximum Gasteiger partial charge on any atom is 0.173 e. The monoisotopic (exact) mass is 388 g/mol. The minimum Gasteiger partial charge on any atom is -0.462 e. The summed E-state index contributed by atoms with van der Waals surface area (Å²) in [5, 5.41) is 17.0. The van der Waals surface area contributed by atoms with E-state index in [2.05, 4.69) is 32.7 Å². The fourth-order valence-electron chi connectivity index (χ4n) is 2.97. The number of rotatable bonds is 10. The number of thiazole rings is 1. The van der Waals surface area contributed by atoms with Gasteiger partial charge in [-0.1, -0.05) is 0 Å². The zero-order valence-corrected chi connectivity index (χ0v) is 16.4. The molecule has 0 bridgehead atoms. The largest absolute Gasteiger partial charge is 0.462 e. The lowest BCUT2D eigenvalue weighted by molar-refractivity contribution is 0.183. The van der Waals surface area contributed by atoms with Crippen molar-refractivity contribution in [3.05, 3.63) is 35.3 Å². The highest BCUT2D eigenvalue weighted by atomic mass is 32.1. The average molecular weight is 388 g/mol. The molecular weight excluding hydrogens is 364 g/mol. The number of nitrogens with one attached hydrogen (secondary N) is 1. The molecule has 0 aromatic carbocycles. The molecule has 1 aliphatic rings. The molecule has 1 fully saturated rings. The SMILES string of the molecule is COCC[C@@H](C)NC(c1cnc(-c2ccco2)s1)c1nnnn1CC1CC1. The van der Waals surface area contributed by atoms with Crippen molar-refractivity contribution in [2.24, 2.45) is 5.92 Å². The van der Waals surface area contributed by atoms with Gasteiger partial charge < -0.3 is 14.5 Å². The fourth-order valence-corrected chi connectivity index (χ4v) is 3.92. The molecule has 0 aliphatic heterocycles. The van der Waals surface area contributed by atoms with Gasteiger partial charge in [-0.25, -0.2) is 9.67 Å². The van der Waals surface area contributed by atoms with Crippen molar-refractivity contribution >= 4 is 11.3 Å². The summed E-state index contributed by atoms with van der Waals surface area (Å²) in [5.74, 6) is 2.30. The Morgan fingerprint density at radius 2 is 2.33 bits per heavy atom. The Morgan fingerprint density at radius 1 is 1.44 bits per heavy atom. The predicted molar refractivity (Wildman–Crippen MR) is 101 cm³/mol. The van der Waals surface area contributed by atoms with E-state index in [1.54, 1.807) is 24.7 Å². The van der Waals surface area contributed by atoms with E-state index >= 15 is 0 Å². The fraction of sp³-hybridized carbons (Fsp3) is 0.556. The number of ether oxygens (including phenoxy) is 1. The average Bonchev–Trinajstić information content (AvgIpc) is 3.12. The number of methoxy groups -OCH3 is 1. The van der Waals surface area contributed by atoms with Crippen molar-refractivity contribution in [1.29, 1.82) is 0 Å². The van der Waals surface area contributed by atoms with Crippen LogP contribution in [0.15, 0.2) is 29.0 Å². The van der Waals surface area contributed by atoms with Gasteiger partial charge in [-0.2, -0.15) is 0 Å². The predicted octanol–water partition coefficient (Wildman–Crippen LogP) is 2.90. The van der Waals surface area contributed by atoms with Crippen LogP contribution >= 0.6 is 11.3 Å². The summed E-state index contributed by atoms with van der Waals surface area (Å²) in [4.78, 5) is 5.61. The van der Waals surface area contributed by atoms with Gasteiger partial charge in [-0.05, 0) is 54.7 Å². The molecule has 1 saturated carbocycles. The number of hydrogen-bond acceptors (Lipinski definition) is 8. The molecule has 8 nitrogen and oxygen atoms in total. The second-order valence-corrected chi connectivity index (χ2v) is 8.05. The summed E-state index contributed by atoms with van der Waals surface area (Å²) >= 11 is 1.60. The Morgan fingerprint density at radius 3 is 3.07 bits per heavy atom. The summed E-state index contributed by atoms with van der Waals surface area (Å²) in [7, 11) is 1.72. The second kappa shape index (κ2) is 8.28. The van der Waals surface area contributed by atoms with Crippen molar-refractivity contribution in [1.82, 2.24) is 30.5 Å². The minimum absolute atomic E-state index is 0.119. The van der Waals surface area contributed by atoms with Gasteiger partial charge in [0.1, 0.15) is 6.04 Å². The van der Waals surface area contributed by atoms with Crippen LogP contribution in [0.4, 0.5) is 0 Å². The van der Waals surface area contributed by atoms with Crippen molar-refractivity contribution in [3.63, 3.8) is 0 Å². The summed E-state index contributed by atoms with van der Waals surface area (Å²) in [6, 6.07) is 3.92. The summed E-state index contributed by atoms with van der Waals surface area (Å²) in [6.07, 6.45) is 6.96. The molecule has 3 heterocycles. The number of furan rings is 1. The molecule has 0 radical (unpaired) electrons. The molecule has 1 aliphatic carbocycles. The molecule has 0 saturated heterocycles. The normalized spacial score (nSPS) is 16.5. The molecule has 1 N–H and O–H groups in total. The first-order valence-corrected chi connectivity index (χ1v) is 10.1. The quantitative estimate of drug-likeness (QED) is 0.571. The summed E-state index contributed by atoms with van der Waals surface area (Å²) in [5.41, 5.74) is 0. The standard InChI is InChI=1S/C18H24N6O2S/c1-12(7-9-25-2)20-16(17-21-22-23-24(17)11-13-5-6-13)15-10-19-18(27-15)14-4-3-8-26-14/h3-4,8,10,12-13,16,20H,5-7,9,11H2,1-2H3/t12-,16?/m1/s1. The van der Waals surface area contributed by atoms with Crippen LogP contribution in [0.3, 0.4) is 0 Å². The van der Waals surface area contributed by atoms with E-state index in [1.807, 2.05) is 23.0 Å². The van der Waals surface area contributed by atoms with Gasteiger partial charge in [0.05, 0.1) is 6.26 Å². The Bertz CT molecular complexity index is 842. The van der Waals surface area contributed by atoms with Crippen molar-refractivity contribution in [2.75, 3.05) is 13.7 Å². The highest BCUT2D eigenvalue weighted by molar-refractivity contribution is 7.15. The minimum atomic E-state index is -0.119. The highest BCUT2D eigenvalue weighted by Gasteiger charge is 2.29. The molecule has 3 aromatic rings. The molecule has 27 heavy (non-hydrogen) atoms. The third kappa shape index (κ3) is 4.42. The van der Waals surface area contributed by atoms with Crippen LogP contribution in [0, 0.1) is 5.92 Å². The van der Waals surface area contributed by atoms with E-state index in [0.29, 0.717) is 12.5 Å². The molecule has 2 atom stereocenters. The molecule has 1 unspecified atom stereocenters. The van der Waals surface area contributed by atoms with Gasteiger partial charge in [0, 0.05) is 37.4 Å². The maximum atomic E-state index is 5.49. The Labute approximate surface area is 161 Å². The van der Waals surface area contributed by atoms with Crippen LogP contribution in [-0.4, -0.2) is 44.9 Å². The van der Waals surface area contributed by atoms with Gasteiger partial charge in [0.25, 0.3) is 0 Å². The first-order chi connectivity index (χ1) is 13.2. The van der Waals surface area contributed by atoms with Crippen molar-refractivity contribution < 1.29 is 9.15 Å². The van der Waals surface area contributed by atoms with Crippen LogP contribution in [0.5, 0.6) is 0 Å². The third-order valence-electron chi connectivity index (χ3n) is 4.69. The van der Waals surface area contributed by atoms with Crippen LogP contribution in [0.1, 0.15) is 42.9 Å². The van der Waals surface area contributed by atoms with Gasteiger partial charge in [0.2, 0.25) is 0 Å². The van der Waals surface area contributed by atoms with Crippen LogP contribution in [0.2, 0.25) is 0 Å². The summed E-state index contributed by atoms with van der Waals surface area (Å²) < 4.78 is 12.6. The van der Waals surface area contributed by atoms with E-state index in [0.717, 1.165) is 34.4 Å². The van der Waals surface area contributed by atoms with Gasteiger partial charge in [-0.15, -0.1) is 16.4 Å². The lowest BCUT2D eigenvalue weighted by Gasteiger charge is -2.21. The smallest absolute Gasteiger partial charge is 0.173 e. The lowest BCUT2D eigenvalue weighted by atomic mass is 10.1. The topological polar surface area (TPSA) is 90.9 Å². The molecule has 4 rings (SSSR count). The third-order valence-corrected chi connectivity index (χ3v) is 5.77.